The summed E-state index contributed by atoms with van der Waals surface area (Å²) < 4.78 is 11.8. The van der Waals surface area contributed by atoms with E-state index in [1.54, 1.807) is 20.9 Å². The Bertz CT molecular complexity index is 857. The maximum atomic E-state index is 12.2. The van der Waals surface area contributed by atoms with Gasteiger partial charge in [-0.1, -0.05) is 12.1 Å². The summed E-state index contributed by atoms with van der Waals surface area (Å²) in [6, 6.07) is 7.55. The first-order valence-electron chi connectivity index (χ1n) is 8.47. The van der Waals surface area contributed by atoms with Gasteiger partial charge in [0.25, 0.3) is 11.7 Å². The predicted molar refractivity (Wildman–Crippen MR) is 97.7 cm³/mol. The second-order valence-electron chi connectivity index (χ2n) is 6.09. The Morgan fingerprint density at radius 1 is 1.19 bits per heavy atom. The van der Waals surface area contributed by atoms with Crippen LogP contribution in [0.3, 0.4) is 0 Å². The van der Waals surface area contributed by atoms with Crippen molar-refractivity contribution in [3.63, 3.8) is 0 Å². The number of aromatic nitrogens is 2. The summed E-state index contributed by atoms with van der Waals surface area (Å²) in [6.45, 7) is 5.26. The van der Waals surface area contributed by atoms with E-state index < -0.39 is 24.3 Å². The van der Waals surface area contributed by atoms with Crippen LogP contribution in [0.25, 0.3) is 0 Å². The van der Waals surface area contributed by atoms with E-state index in [0.29, 0.717) is 17.1 Å². The molecule has 1 N–H and O–H groups in total. The zero-order chi connectivity index (χ0) is 20.0. The first kappa shape index (κ1) is 20.2. The van der Waals surface area contributed by atoms with Crippen LogP contribution in [0, 0.1) is 20.8 Å². The Balaban J connectivity index is 1.73. The summed E-state index contributed by atoms with van der Waals surface area (Å²) in [7, 11) is 1.68. The smallest absolute Gasteiger partial charge is 0.380 e. The molecule has 0 aliphatic rings. The summed E-state index contributed by atoms with van der Waals surface area (Å²) in [6.07, 6.45) is 0. The number of hydrogen-bond donors (Lipinski definition) is 1. The molecule has 1 amide bonds. The van der Waals surface area contributed by atoms with Gasteiger partial charge in [0.15, 0.2) is 6.61 Å². The molecular weight excluding hydrogens is 350 g/mol. The van der Waals surface area contributed by atoms with Crippen molar-refractivity contribution in [2.45, 2.75) is 20.8 Å². The van der Waals surface area contributed by atoms with E-state index >= 15 is 0 Å². The SMILES string of the molecule is Cc1cccc(OCCNC(=O)COC(=O)C(=O)c2c(C)nn(C)c2C)c1. The number of carbonyl (C=O) groups is 3. The lowest BCUT2D eigenvalue weighted by molar-refractivity contribution is -0.144. The van der Waals surface area contributed by atoms with E-state index in [2.05, 4.69) is 10.4 Å². The normalized spacial score (nSPS) is 10.4. The van der Waals surface area contributed by atoms with Gasteiger partial charge in [0.05, 0.1) is 17.8 Å². The van der Waals surface area contributed by atoms with Crippen LogP contribution in [0.4, 0.5) is 0 Å². The third-order valence-electron chi connectivity index (χ3n) is 3.94. The zero-order valence-electron chi connectivity index (χ0n) is 15.9. The molecule has 0 aliphatic heterocycles. The van der Waals surface area contributed by atoms with E-state index in [0.717, 1.165) is 5.56 Å². The van der Waals surface area contributed by atoms with E-state index in [-0.39, 0.29) is 18.7 Å². The average molecular weight is 373 g/mol. The van der Waals surface area contributed by atoms with Crippen molar-refractivity contribution in [2.75, 3.05) is 19.8 Å². The van der Waals surface area contributed by atoms with Gasteiger partial charge in [-0.2, -0.15) is 5.10 Å². The molecule has 1 heterocycles. The number of nitrogens with one attached hydrogen (secondary N) is 1. The number of nitrogens with zero attached hydrogens (tertiary/aromatic N) is 2. The molecule has 0 fully saturated rings. The third-order valence-corrected chi connectivity index (χ3v) is 3.94. The molecule has 0 saturated carbocycles. The van der Waals surface area contributed by atoms with Crippen LogP contribution in [0.2, 0.25) is 0 Å². The van der Waals surface area contributed by atoms with Crippen molar-refractivity contribution < 1.29 is 23.9 Å². The summed E-state index contributed by atoms with van der Waals surface area (Å²) in [4.78, 5) is 35.8. The number of amides is 1. The van der Waals surface area contributed by atoms with Crippen LogP contribution < -0.4 is 10.1 Å². The van der Waals surface area contributed by atoms with Crippen LogP contribution in [-0.2, 0) is 21.4 Å². The number of aryl methyl sites for hydroxylation is 3. The van der Waals surface area contributed by atoms with Gasteiger partial charge in [-0.05, 0) is 38.5 Å². The second kappa shape index (κ2) is 8.98. The second-order valence-corrected chi connectivity index (χ2v) is 6.09. The number of esters is 1. The number of Topliss-reactive ketones (excluding diaryl/α,β-unsaturated/α-hetero) is 1. The first-order chi connectivity index (χ1) is 12.8. The fourth-order valence-corrected chi connectivity index (χ4v) is 2.52. The molecule has 2 rings (SSSR count). The lowest BCUT2D eigenvalue weighted by atomic mass is 10.1. The molecule has 0 spiro atoms. The number of hydrogen-bond acceptors (Lipinski definition) is 6. The van der Waals surface area contributed by atoms with Gasteiger partial charge in [0.1, 0.15) is 12.4 Å². The molecule has 8 nitrogen and oxygen atoms in total. The standard InChI is InChI=1S/C19H23N3O5/c1-12-6-5-7-15(10-12)26-9-8-20-16(23)11-27-19(25)18(24)17-13(2)21-22(4)14(17)3/h5-7,10H,8-9,11H2,1-4H3,(H,20,23). The highest BCUT2D eigenvalue weighted by Gasteiger charge is 2.25. The molecule has 1 aromatic carbocycles. The van der Waals surface area contributed by atoms with Crippen molar-refractivity contribution in [1.29, 1.82) is 0 Å². The Kier molecular flexibility index (Phi) is 6.70. The average Bonchev–Trinajstić information content (AvgIpc) is 2.88. The van der Waals surface area contributed by atoms with E-state index in [1.807, 2.05) is 31.2 Å². The minimum Gasteiger partial charge on any atom is -0.492 e. The molecular formula is C19H23N3O5. The lowest BCUT2D eigenvalue weighted by Crippen LogP contribution is -2.33. The number of ether oxygens (including phenoxy) is 2. The molecule has 0 unspecified atom stereocenters. The van der Waals surface area contributed by atoms with Gasteiger partial charge in [0, 0.05) is 12.7 Å². The molecule has 0 atom stereocenters. The van der Waals surface area contributed by atoms with Crippen LogP contribution in [0.5, 0.6) is 5.75 Å². The lowest BCUT2D eigenvalue weighted by Gasteiger charge is -2.08. The molecule has 0 aliphatic carbocycles. The summed E-state index contributed by atoms with van der Waals surface area (Å²) in [5.41, 5.74) is 2.28. The van der Waals surface area contributed by atoms with Crippen LogP contribution >= 0.6 is 0 Å². The first-order valence-corrected chi connectivity index (χ1v) is 8.47. The monoisotopic (exact) mass is 373 g/mol. The minimum absolute atomic E-state index is 0.203. The third kappa shape index (κ3) is 5.40. The van der Waals surface area contributed by atoms with Gasteiger partial charge < -0.3 is 14.8 Å². The van der Waals surface area contributed by atoms with Crippen molar-refractivity contribution >= 4 is 17.7 Å². The molecule has 144 valence electrons. The van der Waals surface area contributed by atoms with Gasteiger partial charge in [0.2, 0.25) is 0 Å². The highest BCUT2D eigenvalue weighted by atomic mass is 16.5. The van der Waals surface area contributed by atoms with Crippen LogP contribution in [0.15, 0.2) is 24.3 Å². The maximum absolute atomic E-state index is 12.2. The number of carbonyl (C=O) groups excluding carboxylic acids is 3. The van der Waals surface area contributed by atoms with Gasteiger partial charge >= 0.3 is 5.97 Å². The summed E-state index contributed by atoms with van der Waals surface area (Å²) in [5.74, 6) is -1.69. The molecule has 0 radical (unpaired) electrons. The molecule has 2 aromatic rings. The minimum atomic E-state index is -1.08. The van der Waals surface area contributed by atoms with Gasteiger partial charge in [-0.15, -0.1) is 0 Å². The molecule has 1 aromatic heterocycles. The van der Waals surface area contributed by atoms with Crippen molar-refractivity contribution in [2.24, 2.45) is 7.05 Å². The van der Waals surface area contributed by atoms with Gasteiger partial charge in [-0.3, -0.25) is 14.3 Å². The van der Waals surface area contributed by atoms with Crippen LogP contribution in [0.1, 0.15) is 27.3 Å². The number of ketones is 1. The number of benzene rings is 1. The Morgan fingerprint density at radius 3 is 2.56 bits per heavy atom. The number of rotatable bonds is 8. The molecule has 0 saturated heterocycles. The zero-order valence-corrected chi connectivity index (χ0v) is 15.9. The Morgan fingerprint density at radius 2 is 1.93 bits per heavy atom. The molecule has 8 heteroatoms. The fourth-order valence-electron chi connectivity index (χ4n) is 2.52. The quantitative estimate of drug-likeness (QED) is 0.324. The van der Waals surface area contributed by atoms with Crippen molar-refractivity contribution in [3.05, 3.63) is 46.8 Å². The fraction of sp³-hybridized carbons (Fsp3) is 0.368. The van der Waals surface area contributed by atoms with E-state index in [4.69, 9.17) is 9.47 Å². The van der Waals surface area contributed by atoms with Crippen molar-refractivity contribution in [3.8, 4) is 5.75 Å². The summed E-state index contributed by atoms with van der Waals surface area (Å²) in [5, 5.41) is 6.64. The topological polar surface area (TPSA) is 99.5 Å². The highest BCUT2D eigenvalue weighted by Crippen LogP contribution is 2.13. The highest BCUT2D eigenvalue weighted by molar-refractivity contribution is 6.41. The summed E-state index contributed by atoms with van der Waals surface area (Å²) >= 11 is 0. The van der Waals surface area contributed by atoms with E-state index in [9.17, 15) is 14.4 Å². The maximum Gasteiger partial charge on any atom is 0.380 e. The van der Waals surface area contributed by atoms with E-state index in [1.165, 1.54) is 4.68 Å². The van der Waals surface area contributed by atoms with Crippen LogP contribution in [-0.4, -0.2) is 47.2 Å². The molecule has 27 heavy (non-hydrogen) atoms. The molecule has 0 bridgehead atoms. The van der Waals surface area contributed by atoms with Gasteiger partial charge in [-0.25, -0.2) is 4.79 Å². The Labute approximate surface area is 157 Å². The Hall–Kier alpha value is -3.16. The van der Waals surface area contributed by atoms with Crippen molar-refractivity contribution in [1.82, 2.24) is 15.1 Å². The predicted octanol–water partition coefficient (Wildman–Crippen LogP) is 1.27. The largest absolute Gasteiger partial charge is 0.492 e.